The molecule has 6 N–H and O–H groups in total. The molecule has 4 aromatic rings. The molecule has 2 unspecified atom stereocenters. The van der Waals surface area contributed by atoms with Crippen LogP contribution in [-0.2, 0) is 16.3 Å². The van der Waals surface area contributed by atoms with Gasteiger partial charge in [-0.1, -0.05) is 44.0 Å². The van der Waals surface area contributed by atoms with Gasteiger partial charge in [-0.15, -0.1) is 0 Å². The second-order valence-electron chi connectivity index (χ2n) is 12.1. The Kier molecular flexibility index (Phi) is 10.1. The number of benzene rings is 2. The van der Waals surface area contributed by atoms with Crippen LogP contribution >= 0.6 is 11.6 Å². The van der Waals surface area contributed by atoms with Gasteiger partial charge >= 0.3 is 5.69 Å². The number of nitrogens with one attached hydrogen (secondary N) is 2. The van der Waals surface area contributed by atoms with Gasteiger partial charge in [0.1, 0.15) is 11.5 Å². The van der Waals surface area contributed by atoms with E-state index in [2.05, 4.69) is 34.1 Å². The SMILES string of the molecule is CC(C)CCCc1cc(Cl)c(F)c(-c2cc3cn(-c4ccc(C5CS(=O)(=O)CC(CCN=C(N)CN)N5)cc4)c(=O)nc3[nH]2)c1. The highest BCUT2D eigenvalue weighted by Gasteiger charge is 2.31. The van der Waals surface area contributed by atoms with E-state index in [9.17, 15) is 13.2 Å². The van der Waals surface area contributed by atoms with Crippen molar-refractivity contribution in [3.63, 3.8) is 0 Å². The zero-order chi connectivity index (χ0) is 32.3. The average molecular weight is 656 g/mol. The molecule has 2 aromatic carbocycles. The van der Waals surface area contributed by atoms with Crippen molar-refractivity contribution in [3.8, 4) is 16.9 Å². The predicted octanol–water partition coefficient (Wildman–Crippen LogP) is 4.29. The fourth-order valence-corrected chi connectivity index (χ4v) is 7.74. The van der Waals surface area contributed by atoms with Gasteiger partial charge in [0, 0.05) is 35.8 Å². The molecule has 3 heterocycles. The minimum Gasteiger partial charge on any atom is -0.386 e. The maximum atomic E-state index is 15.1. The van der Waals surface area contributed by atoms with E-state index in [0.717, 1.165) is 30.4 Å². The lowest BCUT2D eigenvalue weighted by Gasteiger charge is -2.31. The van der Waals surface area contributed by atoms with Gasteiger partial charge in [0.25, 0.3) is 0 Å². The summed E-state index contributed by atoms with van der Waals surface area (Å²) in [5, 5.41) is 4.08. The summed E-state index contributed by atoms with van der Waals surface area (Å²) in [5.41, 5.74) is 14.0. The fourth-order valence-electron chi connectivity index (χ4n) is 5.69. The van der Waals surface area contributed by atoms with Crippen LogP contribution in [0.1, 0.15) is 50.3 Å². The summed E-state index contributed by atoms with van der Waals surface area (Å²) >= 11 is 6.26. The van der Waals surface area contributed by atoms with Crippen molar-refractivity contribution in [1.82, 2.24) is 19.9 Å². The Balaban J connectivity index is 1.37. The Morgan fingerprint density at radius 3 is 2.67 bits per heavy atom. The van der Waals surface area contributed by atoms with Crippen molar-refractivity contribution in [2.75, 3.05) is 24.6 Å². The average Bonchev–Trinajstić information content (AvgIpc) is 3.40. The molecule has 0 amide bonds. The first-order valence-electron chi connectivity index (χ1n) is 15.1. The molecule has 1 aliphatic heterocycles. The van der Waals surface area contributed by atoms with Crippen LogP contribution in [0, 0.1) is 11.7 Å². The molecule has 2 aromatic heterocycles. The number of aliphatic imine (C=N–C) groups is 1. The maximum Gasteiger partial charge on any atom is 0.354 e. The van der Waals surface area contributed by atoms with Crippen molar-refractivity contribution in [3.05, 3.63) is 81.1 Å². The molecule has 45 heavy (non-hydrogen) atoms. The van der Waals surface area contributed by atoms with Crippen molar-refractivity contribution in [1.29, 1.82) is 0 Å². The first-order valence-corrected chi connectivity index (χ1v) is 17.3. The second-order valence-corrected chi connectivity index (χ2v) is 14.6. The Labute approximate surface area is 267 Å². The third kappa shape index (κ3) is 7.99. The number of fused-ring (bicyclic) bond motifs is 1. The number of hydrogen-bond acceptors (Lipinski definition) is 7. The molecule has 0 saturated carbocycles. The number of nitrogens with zero attached hydrogens (tertiary/aromatic N) is 3. The topological polar surface area (TPSA) is 161 Å². The monoisotopic (exact) mass is 655 g/mol. The number of nitrogens with two attached hydrogens (primary N) is 2. The number of aromatic nitrogens is 3. The van der Waals surface area contributed by atoms with Gasteiger partial charge in [-0.05, 0) is 66.6 Å². The third-order valence-electron chi connectivity index (χ3n) is 8.02. The number of sulfone groups is 1. The van der Waals surface area contributed by atoms with Crippen LogP contribution in [0.2, 0.25) is 5.02 Å². The van der Waals surface area contributed by atoms with Gasteiger partial charge in [-0.3, -0.25) is 9.56 Å². The van der Waals surface area contributed by atoms with Crippen LogP contribution in [0.5, 0.6) is 0 Å². The van der Waals surface area contributed by atoms with Crippen LogP contribution < -0.4 is 22.5 Å². The summed E-state index contributed by atoms with van der Waals surface area (Å²) in [6.45, 7) is 4.87. The first-order chi connectivity index (χ1) is 21.4. The van der Waals surface area contributed by atoms with Crippen LogP contribution in [0.3, 0.4) is 0 Å². The number of hydrogen-bond donors (Lipinski definition) is 4. The normalized spacial score (nSPS) is 18.6. The molecule has 2 atom stereocenters. The highest BCUT2D eigenvalue weighted by atomic mass is 35.5. The Hall–Kier alpha value is -3.58. The van der Waals surface area contributed by atoms with E-state index >= 15 is 4.39 Å². The van der Waals surface area contributed by atoms with Gasteiger partial charge in [-0.25, -0.2) is 17.6 Å². The Morgan fingerprint density at radius 1 is 1.20 bits per heavy atom. The number of H-pyrrole nitrogens is 1. The lowest BCUT2D eigenvalue weighted by molar-refractivity contribution is 0.433. The highest BCUT2D eigenvalue weighted by molar-refractivity contribution is 7.91. The van der Waals surface area contributed by atoms with Crippen molar-refractivity contribution >= 4 is 38.3 Å². The van der Waals surface area contributed by atoms with Crippen LogP contribution in [0.25, 0.3) is 28.0 Å². The van der Waals surface area contributed by atoms with E-state index in [4.69, 9.17) is 23.1 Å². The number of rotatable bonds is 11. The molecule has 0 aliphatic carbocycles. The largest absolute Gasteiger partial charge is 0.386 e. The summed E-state index contributed by atoms with van der Waals surface area (Å²) < 4.78 is 41.9. The summed E-state index contributed by atoms with van der Waals surface area (Å²) in [6.07, 6.45) is 4.97. The van der Waals surface area contributed by atoms with Crippen LogP contribution in [0.4, 0.5) is 4.39 Å². The van der Waals surface area contributed by atoms with E-state index in [1.165, 1.54) is 4.57 Å². The molecular formula is C32H39ClFN7O3S. The van der Waals surface area contributed by atoms with Gasteiger partial charge in [0.2, 0.25) is 0 Å². The summed E-state index contributed by atoms with van der Waals surface area (Å²) in [4.78, 5) is 24.5. The number of amidine groups is 1. The van der Waals surface area contributed by atoms with Crippen molar-refractivity contribution < 1.29 is 12.8 Å². The fraction of sp³-hybridized carbons (Fsp3) is 0.406. The Bertz CT molecular complexity index is 1870. The molecule has 5 rings (SSSR count). The molecule has 240 valence electrons. The van der Waals surface area contributed by atoms with Gasteiger partial charge in [0.05, 0.1) is 34.5 Å². The van der Waals surface area contributed by atoms with Crippen molar-refractivity contribution in [2.45, 2.75) is 51.6 Å². The van der Waals surface area contributed by atoms with E-state index in [1.807, 2.05) is 0 Å². The molecule has 1 saturated heterocycles. The zero-order valence-electron chi connectivity index (χ0n) is 25.4. The smallest absolute Gasteiger partial charge is 0.354 e. The molecule has 0 radical (unpaired) electrons. The van der Waals surface area contributed by atoms with E-state index in [-0.39, 0.29) is 29.1 Å². The van der Waals surface area contributed by atoms with Crippen LogP contribution in [0.15, 0.2) is 58.4 Å². The standard InChI is InChI=1S/C32H39ClFN7O3S/c1-19(2)4-3-5-20-12-25(30(34)26(33)13-20)27-14-22-16-41(32(42)40-31(22)39-27)24-8-6-21(7-9-24)28-18-45(43,44)17-23(38-28)10-11-37-29(36)15-35/h6-9,12-14,16,19,23,28,38H,3-5,10-11,15,17-18,35H2,1-2H3,(H2,36,37)(H,39,40,42). The predicted molar refractivity (Wildman–Crippen MR) is 178 cm³/mol. The van der Waals surface area contributed by atoms with E-state index < -0.39 is 27.4 Å². The quantitative estimate of drug-likeness (QED) is 0.138. The molecule has 13 heteroatoms. The van der Waals surface area contributed by atoms with E-state index in [0.29, 0.717) is 52.7 Å². The van der Waals surface area contributed by atoms with Crippen LogP contribution in [-0.4, -0.2) is 59.4 Å². The summed E-state index contributed by atoms with van der Waals surface area (Å²) in [6, 6.07) is 11.6. The van der Waals surface area contributed by atoms with E-state index in [1.54, 1.807) is 48.7 Å². The molecule has 0 bridgehead atoms. The Morgan fingerprint density at radius 2 is 1.96 bits per heavy atom. The molecule has 0 spiro atoms. The minimum atomic E-state index is -3.29. The van der Waals surface area contributed by atoms with Gasteiger partial charge in [0.15, 0.2) is 15.7 Å². The lowest BCUT2D eigenvalue weighted by Crippen LogP contribution is -2.47. The lowest BCUT2D eigenvalue weighted by atomic mass is 10.00. The minimum absolute atomic E-state index is 0.0257. The first kappa shape index (κ1) is 32.8. The molecule has 10 nitrogen and oxygen atoms in total. The summed E-state index contributed by atoms with van der Waals surface area (Å²) in [5.74, 6) is 0.371. The number of aromatic amines is 1. The zero-order valence-corrected chi connectivity index (χ0v) is 27.0. The van der Waals surface area contributed by atoms with Gasteiger partial charge in [-0.2, -0.15) is 4.98 Å². The maximum absolute atomic E-state index is 15.1. The molecular weight excluding hydrogens is 617 g/mol. The molecule has 1 fully saturated rings. The third-order valence-corrected chi connectivity index (χ3v) is 10.0. The van der Waals surface area contributed by atoms with Crippen molar-refractivity contribution in [2.24, 2.45) is 22.4 Å². The summed E-state index contributed by atoms with van der Waals surface area (Å²) in [7, 11) is -3.29. The molecule has 1 aliphatic rings. The number of halogens is 2. The van der Waals surface area contributed by atoms with Gasteiger partial charge < -0.3 is 21.8 Å². The number of aryl methyl sites for hydroxylation is 1. The second kappa shape index (κ2) is 13.8. The highest BCUT2D eigenvalue weighted by Crippen LogP contribution is 2.32.